The zero-order chi connectivity index (χ0) is 13.9. The van der Waals surface area contributed by atoms with Gasteiger partial charge in [-0.3, -0.25) is 0 Å². The van der Waals surface area contributed by atoms with E-state index in [9.17, 15) is 0 Å². The second-order valence-electron chi connectivity index (χ2n) is 6.44. The van der Waals surface area contributed by atoms with Crippen LogP contribution in [0.3, 0.4) is 0 Å². The molecular formula is C15H26N4. The van der Waals surface area contributed by atoms with Gasteiger partial charge in [-0.1, -0.05) is 27.2 Å². The lowest BCUT2D eigenvalue weighted by atomic mass is 9.82. The maximum Gasteiger partial charge on any atom is 0.134 e. The summed E-state index contributed by atoms with van der Waals surface area (Å²) in [5.74, 6) is 1.56. The van der Waals surface area contributed by atoms with Crippen LogP contribution in [0.15, 0.2) is 6.20 Å². The van der Waals surface area contributed by atoms with Crippen molar-refractivity contribution in [2.45, 2.75) is 57.8 Å². The molecule has 1 saturated carbocycles. The summed E-state index contributed by atoms with van der Waals surface area (Å²) in [5.41, 5.74) is 7.86. The highest BCUT2D eigenvalue weighted by Crippen LogP contribution is 2.39. The zero-order valence-corrected chi connectivity index (χ0v) is 12.4. The summed E-state index contributed by atoms with van der Waals surface area (Å²) in [4.78, 5) is 9.37. The monoisotopic (exact) mass is 262 g/mol. The summed E-state index contributed by atoms with van der Waals surface area (Å²) in [5, 5.41) is 3.44. The third-order valence-corrected chi connectivity index (χ3v) is 3.68. The Morgan fingerprint density at radius 2 is 2.11 bits per heavy atom. The molecule has 0 spiro atoms. The quantitative estimate of drug-likeness (QED) is 0.801. The fourth-order valence-electron chi connectivity index (χ4n) is 2.21. The number of nitrogens with zero attached hydrogens (tertiary/aromatic N) is 2. The third-order valence-electron chi connectivity index (χ3n) is 3.68. The van der Waals surface area contributed by atoms with E-state index in [1.165, 1.54) is 25.0 Å². The summed E-state index contributed by atoms with van der Waals surface area (Å²) in [6.07, 6.45) is 6.77. The van der Waals surface area contributed by atoms with Crippen molar-refractivity contribution in [2.24, 2.45) is 5.73 Å². The minimum Gasteiger partial charge on any atom is -0.382 e. The average molecular weight is 262 g/mol. The van der Waals surface area contributed by atoms with Gasteiger partial charge in [-0.2, -0.15) is 0 Å². The lowest BCUT2D eigenvalue weighted by Crippen LogP contribution is -2.21. The van der Waals surface area contributed by atoms with E-state index in [2.05, 4.69) is 31.1 Å². The molecule has 106 valence electrons. The molecule has 1 aromatic rings. The van der Waals surface area contributed by atoms with Gasteiger partial charge in [-0.15, -0.1) is 0 Å². The van der Waals surface area contributed by atoms with Crippen LogP contribution in [0.1, 0.15) is 63.9 Å². The van der Waals surface area contributed by atoms with E-state index in [0.29, 0.717) is 12.5 Å². The summed E-state index contributed by atoms with van der Waals surface area (Å²) in [7, 11) is 0. The number of aromatic nitrogens is 2. The lowest BCUT2D eigenvalue weighted by Gasteiger charge is -2.28. The van der Waals surface area contributed by atoms with Gasteiger partial charge in [0.25, 0.3) is 0 Å². The molecule has 0 saturated heterocycles. The Labute approximate surface area is 116 Å². The van der Waals surface area contributed by atoms with Crippen molar-refractivity contribution in [1.82, 2.24) is 9.97 Å². The molecule has 0 aromatic carbocycles. The molecule has 4 heteroatoms. The number of nitrogens with two attached hydrogens (primary N) is 1. The molecule has 2 rings (SSSR count). The Balaban J connectivity index is 2.21. The lowest BCUT2D eigenvalue weighted by molar-refractivity contribution is 0.407. The Kier molecular flexibility index (Phi) is 4.40. The molecule has 1 aliphatic rings. The topological polar surface area (TPSA) is 63.8 Å². The van der Waals surface area contributed by atoms with Crippen LogP contribution in [-0.4, -0.2) is 23.1 Å². The second-order valence-corrected chi connectivity index (χ2v) is 6.44. The van der Waals surface area contributed by atoms with Crippen LogP contribution < -0.4 is 11.1 Å². The highest BCUT2D eigenvalue weighted by Gasteiger charge is 2.26. The zero-order valence-electron chi connectivity index (χ0n) is 12.4. The minimum absolute atomic E-state index is 0.00822. The molecule has 4 nitrogen and oxygen atoms in total. The smallest absolute Gasteiger partial charge is 0.134 e. The predicted octanol–water partition coefficient (Wildman–Crippen LogP) is 2.80. The van der Waals surface area contributed by atoms with E-state index in [1.54, 1.807) is 0 Å². The molecule has 0 aliphatic heterocycles. The fourth-order valence-corrected chi connectivity index (χ4v) is 2.21. The SMILES string of the molecule is CC(C)(C)c1ncc(NCCCN)c(C2CCC2)n1. The number of nitrogens with one attached hydrogen (secondary N) is 1. The van der Waals surface area contributed by atoms with Crippen molar-refractivity contribution < 1.29 is 0 Å². The molecule has 0 radical (unpaired) electrons. The Bertz CT molecular complexity index is 419. The molecule has 1 aliphatic carbocycles. The van der Waals surface area contributed by atoms with Crippen LogP contribution >= 0.6 is 0 Å². The molecule has 0 amide bonds. The van der Waals surface area contributed by atoms with Crippen molar-refractivity contribution >= 4 is 5.69 Å². The van der Waals surface area contributed by atoms with Gasteiger partial charge in [0.2, 0.25) is 0 Å². The van der Waals surface area contributed by atoms with Gasteiger partial charge in [0.15, 0.2) is 0 Å². The largest absolute Gasteiger partial charge is 0.382 e. The molecule has 3 N–H and O–H groups in total. The first kappa shape index (κ1) is 14.3. The van der Waals surface area contributed by atoms with Crippen LogP contribution in [0.25, 0.3) is 0 Å². The van der Waals surface area contributed by atoms with E-state index in [-0.39, 0.29) is 5.41 Å². The number of hydrogen-bond acceptors (Lipinski definition) is 4. The summed E-state index contributed by atoms with van der Waals surface area (Å²) in [6, 6.07) is 0. The van der Waals surface area contributed by atoms with Gasteiger partial charge in [0.1, 0.15) is 5.82 Å². The van der Waals surface area contributed by atoms with Crippen molar-refractivity contribution in [2.75, 3.05) is 18.4 Å². The number of anilines is 1. The van der Waals surface area contributed by atoms with Gasteiger partial charge in [-0.05, 0) is 25.8 Å². The van der Waals surface area contributed by atoms with Crippen molar-refractivity contribution in [3.8, 4) is 0 Å². The van der Waals surface area contributed by atoms with Gasteiger partial charge in [-0.25, -0.2) is 9.97 Å². The summed E-state index contributed by atoms with van der Waals surface area (Å²) < 4.78 is 0. The molecule has 19 heavy (non-hydrogen) atoms. The fraction of sp³-hybridized carbons (Fsp3) is 0.733. The van der Waals surface area contributed by atoms with Gasteiger partial charge in [0, 0.05) is 17.9 Å². The average Bonchev–Trinajstić information content (AvgIpc) is 2.27. The molecule has 1 aromatic heterocycles. The Morgan fingerprint density at radius 1 is 1.37 bits per heavy atom. The molecule has 1 fully saturated rings. The third kappa shape index (κ3) is 3.44. The molecule has 0 atom stereocenters. The van der Waals surface area contributed by atoms with Gasteiger partial charge in [0.05, 0.1) is 17.6 Å². The first-order chi connectivity index (χ1) is 9.02. The minimum atomic E-state index is 0.00822. The second kappa shape index (κ2) is 5.87. The van der Waals surface area contributed by atoms with Crippen LogP contribution in [-0.2, 0) is 5.41 Å². The van der Waals surface area contributed by atoms with E-state index in [4.69, 9.17) is 10.7 Å². The molecular weight excluding hydrogens is 236 g/mol. The van der Waals surface area contributed by atoms with E-state index in [0.717, 1.165) is 24.5 Å². The molecule has 0 unspecified atom stereocenters. The number of rotatable bonds is 5. The van der Waals surface area contributed by atoms with Crippen molar-refractivity contribution in [3.63, 3.8) is 0 Å². The first-order valence-corrected chi connectivity index (χ1v) is 7.33. The van der Waals surface area contributed by atoms with Gasteiger partial charge >= 0.3 is 0 Å². The maximum absolute atomic E-state index is 5.54. The van der Waals surface area contributed by atoms with E-state index < -0.39 is 0 Å². The highest BCUT2D eigenvalue weighted by atomic mass is 15.0. The van der Waals surface area contributed by atoms with Crippen LogP contribution in [0.4, 0.5) is 5.69 Å². The van der Waals surface area contributed by atoms with E-state index >= 15 is 0 Å². The number of hydrogen-bond donors (Lipinski definition) is 2. The first-order valence-electron chi connectivity index (χ1n) is 7.33. The normalized spacial score (nSPS) is 16.2. The van der Waals surface area contributed by atoms with Crippen molar-refractivity contribution in [1.29, 1.82) is 0 Å². The predicted molar refractivity (Wildman–Crippen MR) is 79.5 cm³/mol. The van der Waals surface area contributed by atoms with Crippen LogP contribution in [0.2, 0.25) is 0 Å². The van der Waals surface area contributed by atoms with Crippen molar-refractivity contribution in [3.05, 3.63) is 17.7 Å². The van der Waals surface area contributed by atoms with Crippen LogP contribution in [0, 0.1) is 0 Å². The molecule has 1 heterocycles. The Hall–Kier alpha value is -1.16. The van der Waals surface area contributed by atoms with Crippen LogP contribution in [0.5, 0.6) is 0 Å². The van der Waals surface area contributed by atoms with E-state index in [1.807, 2.05) is 6.20 Å². The maximum atomic E-state index is 5.54. The standard InChI is InChI=1S/C15H26N4/c1-15(2,3)14-18-10-12(17-9-5-8-16)13(19-14)11-6-4-7-11/h10-11,17H,4-9,16H2,1-3H3. The highest BCUT2D eigenvalue weighted by molar-refractivity contribution is 5.48. The molecule has 0 bridgehead atoms. The summed E-state index contributed by atoms with van der Waals surface area (Å²) in [6.45, 7) is 8.10. The summed E-state index contributed by atoms with van der Waals surface area (Å²) >= 11 is 0. The Morgan fingerprint density at radius 3 is 2.63 bits per heavy atom. The van der Waals surface area contributed by atoms with Gasteiger partial charge < -0.3 is 11.1 Å².